The molecule has 6 heteroatoms. The standard InChI is InChI=1S/C18H31N3O2S/c1-4-7-8-9-10-17(22)21(12-6-3)13-16-20-15(14-24-16)18(23)19-11-5-2/h14H,4-13H2,1-3H3,(H,19,23). The minimum atomic E-state index is -0.132. The maximum absolute atomic E-state index is 12.4. The van der Waals surface area contributed by atoms with E-state index in [1.165, 1.54) is 24.2 Å². The molecule has 0 aromatic carbocycles. The lowest BCUT2D eigenvalue weighted by Crippen LogP contribution is -2.31. The molecule has 5 nitrogen and oxygen atoms in total. The molecule has 0 bridgehead atoms. The molecule has 0 atom stereocenters. The van der Waals surface area contributed by atoms with E-state index < -0.39 is 0 Å². The summed E-state index contributed by atoms with van der Waals surface area (Å²) < 4.78 is 0. The lowest BCUT2D eigenvalue weighted by atomic mass is 10.1. The van der Waals surface area contributed by atoms with Crippen molar-refractivity contribution < 1.29 is 9.59 Å². The average Bonchev–Trinajstić information content (AvgIpc) is 3.04. The second-order valence-corrected chi connectivity index (χ2v) is 6.95. The molecule has 0 saturated carbocycles. The molecule has 0 saturated heterocycles. The van der Waals surface area contributed by atoms with E-state index in [0.717, 1.165) is 37.2 Å². The van der Waals surface area contributed by atoms with Gasteiger partial charge in [0.15, 0.2) is 0 Å². The number of thiazole rings is 1. The van der Waals surface area contributed by atoms with Crippen LogP contribution >= 0.6 is 11.3 Å². The zero-order valence-corrected chi connectivity index (χ0v) is 16.1. The van der Waals surface area contributed by atoms with Gasteiger partial charge in [-0.1, -0.05) is 40.0 Å². The fourth-order valence-electron chi connectivity index (χ4n) is 2.40. The first kappa shape index (κ1) is 20.6. The SMILES string of the molecule is CCCCCCC(=O)N(CCC)Cc1nc(C(=O)NCCC)cs1. The normalized spacial score (nSPS) is 10.6. The minimum absolute atomic E-state index is 0.132. The number of unbranched alkanes of at least 4 members (excludes halogenated alkanes) is 3. The van der Waals surface area contributed by atoms with Crippen LogP contribution in [0.5, 0.6) is 0 Å². The third kappa shape index (κ3) is 7.43. The molecule has 0 spiro atoms. The molecular weight excluding hydrogens is 322 g/mol. The molecule has 136 valence electrons. The number of carbonyl (C=O) groups is 2. The number of hydrogen-bond acceptors (Lipinski definition) is 4. The van der Waals surface area contributed by atoms with Crippen LogP contribution in [0.1, 0.15) is 81.2 Å². The summed E-state index contributed by atoms with van der Waals surface area (Å²) >= 11 is 1.45. The molecule has 0 aliphatic carbocycles. The first-order valence-electron chi connectivity index (χ1n) is 9.12. The molecule has 2 amide bonds. The Bertz CT molecular complexity index is 502. The van der Waals surface area contributed by atoms with Crippen LogP contribution in [-0.2, 0) is 11.3 Å². The summed E-state index contributed by atoms with van der Waals surface area (Å²) in [4.78, 5) is 30.6. The highest BCUT2D eigenvalue weighted by Crippen LogP contribution is 2.15. The Morgan fingerprint density at radius 3 is 2.58 bits per heavy atom. The molecule has 0 fully saturated rings. The molecule has 24 heavy (non-hydrogen) atoms. The fourth-order valence-corrected chi connectivity index (χ4v) is 3.19. The van der Waals surface area contributed by atoms with E-state index in [2.05, 4.69) is 24.1 Å². The van der Waals surface area contributed by atoms with Crippen LogP contribution in [0.4, 0.5) is 0 Å². The number of amides is 2. The predicted octanol–water partition coefficient (Wildman–Crippen LogP) is 3.99. The topological polar surface area (TPSA) is 62.3 Å². The van der Waals surface area contributed by atoms with Crippen LogP contribution in [0.2, 0.25) is 0 Å². The van der Waals surface area contributed by atoms with Crippen molar-refractivity contribution in [3.63, 3.8) is 0 Å². The van der Waals surface area contributed by atoms with E-state index in [9.17, 15) is 9.59 Å². The molecule has 0 radical (unpaired) electrons. The molecule has 1 heterocycles. The predicted molar refractivity (Wildman–Crippen MR) is 99.2 cm³/mol. The van der Waals surface area contributed by atoms with Crippen LogP contribution < -0.4 is 5.32 Å². The number of carbonyl (C=O) groups excluding carboxylic acids is 2. The summed E-state index contributed by atoms with van der Waals surface area (Å²) in [5.74, 6) is 0.0624. The average molecular weight is 354 g/mol. The van der Waals surface area contributed by atoms with Gasteiger partial charge < -0.3 is 10.2 Å². The van der Waals surface area contributed by atoms with Crippen molar-refractivity contribution in [3.8, 4) is 0 Å². The maximum atomic E-state index is 12.4. The quantitative estimate of drug-likeness (QED) is 0.578. The number of nitrogens with zero attached hydrogens (tertiary/aromatic N) is 2. The van der Waals surface area contributed by atoms with Gasteiger partial charge in [0.2, 0.25) is 5.91 Å². The summed E-state index contributed by atoms with van der Waals surface area (Å²) in [5, 5.41) is 5.43. The monoisotopic (exact) mass is 353 g/mol. The molecule has 1 rings (SSSR count). The second kappa shape index (κ2) is 12.0. The van der Waals surface area contributed by atoms with Gasteiger partial charge in [0.25, 0.3) is 5.91 Å². The van der Waals surface area contributed by atoms with Crippen LogP contribution in [0.3, 0.4) is 0 Å². The van der Waals surface area contributed by atoms with Crippen molar-refractivity contribution in [1.29, 1.82) is 0 Å². The minimum Gasteiger partial charge on any atom is -0.351 e. The van der Waals surface area contributed by atoms with Crippen molar-refractivity contribution in [1.82, 2.24) is 15.2 Å². The van der Waals surface area contributed by atoms with E-state index in [4.69, 9.17) is 0 Å². The van der Waals surface area contributed by atoms with E-state index >= 15 is 0 Å². The Morgan fingerprint density at radius 2 is 1.92 bits per heavy atom. The summed E-state index contributed by atoms with van der Waals surface area (Å²) in [6.07, 6.45) is 6.86. The van der Waals surface area contributed by atoms with Gasteiger partial charge in [0.1, 0.15) is 10.7 Å². The first-order chi connectivity index (χ1) is 11.6. The highest BCUT2D eigenvalue weighted by Gasteiger charge is 2.16. The van der Waals surface area contributed by atoms with Gasteiger partial charge in [-0.15, -0.1) is 11.3 Å². The first-order valence-corrected chi connectivity index (χ1v) is 10.0. The lowest BCUT2D eigenvalue weighted by Gasteiger charge is -2.21. The third-order valence-corrected chi connectivity index (χ3v) is 4.57. The van der Waals surface area contributed by atoms with Crippen molar-refractivity contribution in [3.05, 3.63) is 16.1 Å². The van der Waals surface area contributed by atoms with Crippen molar-refractivity contribution in [2.45, 2.75) is 72.3 Å². The Hall–Kier alpha value is -1.43. The Balaban J connectivity index is 2.56. The van der Waals surface area contributed by atoms with Crippen molar-refractivity contribution in [2.75, 3.05) is 13.1 Å². The molecule has 0 aliphatic rings. The molecule has 1 aromatic rings. The van der Waals surface area contributed by atoms with Gasteiger partial charge in [-0.25, -0.2) is 4.98 Å². The van der Waals surface area contributed by atoms with Gasteiger partial charge in [-0.05, 0) is 19.3 Å². The second-order valence-electron chi connectivity index (χ2n) is 6.01. The van der Waals surface area contributed by atoms with Gasteiger partial charge in [-0.2, -0.15) is 0 Å². The van der Waals surface area contributed by atoms with Gasteiger partial charge in [-0.3, -0.25) is 9.59 Å². The van der Waals surface area contributed by atoms with Crippen LogP contribution in [-0.4, -0.2) is 34.8 Å². The Morgan fingerprint density at radius 1 is 1.12 bits per heavy atom. The number of hydrogen-bond donors (Lipinski definition) is 1. The molecule has 1 N–H and O–H groups in total. The molecule has 0 unspecified atom stereocenters. The Kier molecular flexibility index (Phi) is 10.3. The lowest BCUT2D eigenvalue weighted by molar-refractivity contribution is -0.132. The summed E-state index contributed by atoms with van der Waals surface area (Å²) in [5.41, 5.74) is 0.454. The van der Waals surface area contributed by atoms with Crippen LogP contribution in [0, 0.1) is 0 Å². The highest BCUT2D eigenvalue weighted by atomic mass is 32.1. The third-order valence-electron chi connectivity index (χ3n) is 3.74. The summed E-state index contributed by atoms with van der Waals surface area (Å²) in [7, 11) is 0. The zero-order chi connectivity index (χ0) is 17.8. The maximum Gasteiger partial charge on any atom is 0.270 e. The van der Waals surface area contributed by atoms with E-state index in [0.29, 0.717) is 25.2 Å². The van der Waals surface area contributed by atoms with Crippen LogP contribution in [0.15, 0.2) is 5.38 Å². The molecule has 0 aliphatic heterocycles. The number of rotatable bonds is 12. The van der Waals surface area contributed by atoms with Gasteiger partial charge in [0, 0.05) is 24.9 Å². The van der Waals surface area contributed by atoms with E-state index in [-0.39, 0.29) is 11.8 Å². The van der Waals surface area contributed by atoms with Gasteiger partial charge >= 0.3 is 0 Å². The molecular formula is C18H31N3O2S. The molecule has 1 aromatic heterocycles. The van der Waals surface area contributed by atoms with Gasteiger partial charge in [0.05, 0.1) is 6.54 Å². The smallest absolute Gasteiger partial charge is 0.270 e. The Labute approximate surface area is 149 Å². The summed E-state index contributed by atoms with van der Waals surface area (Å²) in [6.45, 7) is 8.16. The number of nitrogens with one attached hydrogen (secondary N) is 1. The summed E-state index contributed by atoms with van der Waals surface area (Å²) in [6, 6.07) is 0. The van der Waals surface area contributed by atoms with E-state index in [1.807, 2.05) is 11.8 Å². The largest absolute Gasteiger partial charge is 0.351 e. The highest BCUT2D eigenvalue weighted by molar-refractivity contribution is 7.09. The number of aromatic nitrogens is 1. The van der Waals surface area contributed by atoms with Crippen LogP contribution in [0.25, 0.3) is 0 Å². The fraction of sp³-hybridized carbons (Fsp3) is 0.722. The zero-order valence-electron chi connectivity index (χ0n) is 15.3. The van der Waals surface area contributed by atoms with Crippen molar-refractivity contribution in [2.24, 2.45) is 0 Å². The van der Waals surface area contributed by atoms with Crippen molar-refractivity contribution >= 4 is 23.2 Å². The van der Waals surface area contributed by atoms with E-state index in [1.54, 1.807) is 5.38 Å².